The number of carbonyl (C=O) groups is 2. The van der Waals surface area contributed by atoms with Gasteiger partial charge in [0.05, 0.1) is 0 Å². The maximum Gasteiger partial charge on any atom is 0.471 e. The number of amides is 2. The van der Waals surface area contributed by atoms with Gasteiger partial charge >= 0.3 is 12.1 Å². The van der Waals surface area contributed by atoms with Crippen molar-refractivity contribution in [3.63, 3.8) is 0 Å². The standard InChI is InChI=1S/C13H21F3N2O2/c1-9(2)7-11(19)17-8-10-3-5-18(6-4-10)12(20)13(14,15)16/h9-10H,3-8H2,1-2H3,(H,17,19). The van der Waals surface area contributed by atoms with Crippen molar-refractivity contribution in [1.82, 2.24) is 10.2 Å². The average molecular weight is 294 g/mol. The monoisotopic (exact) mass is 294 g/mol. The predicted molar refractivity (Wildman–Crippen MR) is 67.8 cm³/mol. The molecule has 116 valence electrons. The van der Waals surface area contributed by atoms with E-state index in [1.807, 2.05) is 13.8 Å². The number of piperidine rings is 1. The molecule has 20 heavy (non-hydrogen) atoms. The number of rotatable bonds is 4. The number of hydrogen-bond acceptors (Lipinski definition) is 2. The third-order valence-corrected chi connectivity index (χ3v) is 3.33. The van der Waals surface area contributed by atoms with Crippen molar-refractivity contribution >= 4 is 11.8 Å². The van der Waals surface area contributed by atoms with Gasteiger partial charge in [-0.3, -0.25) is 9.59 Å². The van der Waals surface area contributed by atoms with Crippen LogP contribution in [-0.4, -0.2) is 42.5 Å². The Morgan fingerprint density at radius 3 is 2.25 bits per heavy atom. The Labute approximate surface area is 116 Å². The molecule has 1 N–H and O–H groups in total. The maximum atomic E-state index is 12.3. The molecule has 7 heteroatoms. The molecule has 0 aromatic carbocycles. The van der Waals surface area contributed by atoms with E-state index in [-0.39, 0.29) is 30.8 Å². The van der Waals surface area contributed by atoms with Crippen molar-refractivity contribution in [2.75, 3.05) is 19.6 Å². The second kappa shape index (κ2) is 6.95. The summed E-state index contributed by atoms with van der Waals surface area (Å²) >= 11 is 0. The van der Waals surface area contributed by atoms with Gasteiger partial charge in [-0.25, -0.2) is 0 Å². The van der Waals surface area contributed by atoms with E-state index < -0.39 is 12.1 Å². The molecule has 0 saturated carbocycles. The van der Waals surface area contributed by atoms with E-state index in [1.54, 1.807) is 0 Å². The fourth-order valence-corrected chi connectivity index (χ4v) is 2.22. The van der Waals surface area contributed by atoms with E-state index in [2.05, 4.69) is 5.32 Å². The molecule has 1 rings (SSSR count). The molecule has 1 heterocycles. The Hall–Kier alpha value is -1.27. The summed E-state index contributed by atoms with van der Waals surface area (Å²) < 4.78 is 36.8. The molecule has 0 aliphatic carbocycles. The number of carbonyl (C=O) groups excluding carboxylic acids is 2. The lowest BCUT2D eigenvalue weighted by Crippen LogP contribution is -2.46. The molecular formula is C13H21F3N2O2. The van der Waals surface area contributed by atoms with Gasteiger partial charge in [-0.2, -0.15) is 13.2 Å². The highest BCUT2D eigenvalue weighted by Crippen LogP contribution is 2.23. The van der Waals surface area contributed by atoms with Crippen LogP contribution < -0.4 is 5.32 Å². The van der Waals surface area contributed by atoms with Crippen LogP contribution in [0, 0.1) is 11.8 Å². The summed E-state index contributed by atoms with van der Waals surface area (Å²) in [4.78, 5) is 23.4. The van der Waals surface area contributed by atoms with Crippen molar-refractivity contribution in [2.24, 2.45) is 11.8 Å². The van der Waals surface area contributed by atoms with E-state index in [0.29, 0.717) is 25.8 Å². The first-order valence-electron chi connectivity index (χ1n) is 6.83. The van der Waals surface area contributed by atoms with Crippen molar-refractivity contribution in [1.29, 1.82) is 0 Å². The van der Waals surface area contributed by atoms with Crippen molar-refractivity contribution < 1.29 is 22.8 Å². The van der Waals surface area contributed by atoms with E-state index in [1.165, 1.54) is 0 Å². The quantitative estimate of drug-likeness (QED) is 0.861. The highest BCUT2D eigenvalue weighted by Gasteiger charge is 2.43. The summed E-state index contributed by atoms with van der Waals surface area (Å²) in [5.74, 6) is -1.38. The topological polar surface area (TPSA) is 49.4 Å². The first kappa shape index (κ1) is 16.8. The zero-order chi connectivity index (χ0) is 15.3. The van der Waals surface area contributed by atoms with E-state index >= 15 is 0 Å². The van der Waals surface area contributed by atoms with Crippen LogP contribution in [0.25, 0.3) is 0 Å². The third-order valence-electron chi connectivity index (χ3n) is 3.33. The van der Waals surface area contributed by atoms with E-state index in [0.717, 1.165) is 4.90 Å². The van der Waals surface area contributed by atoms with Gasteiger partial charge in [0.1, 0.15) is 0 Å². The van der Waals surface area contributed by atoms with Crippen LogP contribution in [0.3, 0.4) is 0 Å². The van der Waals surface area contributed by atoms with Gasteiger partial charge in [-0.15, -0.1) is 0 Å². The third kappa shape index (κ3) is 5.38. The minimum atomic E-state index is -4.79. The molecule has 0 atom stereocenters. The summed E-state index contributed by atoms with van der Waals surface area (Å²) in [6.45, 7) is 4.56. The maximum absolute atomic E-state index is 12.3. The minimum Gasteiger partial charge on any atom is -0.356 e. The number of halogens is 3. The lowest BCUT2D eigenvalue weighted by atomic mass is 9.96. The minimum absolute atomic E-state index is 0.0335. The van der Waals surface area contributed by atoms with Gasteiger partial charge in [0, 0.05) is 26.1 Å². The molecule has 2 amide bonds. The van der Waals surface area contributed by atoms with Crippen LogP contribution in [0.5, 0.6) is 0 Å². The van der Waals surface area contributed by atoms with E-state index in [4.69, 9.17) is 0 Å². The molecule has 0 aromatic heterocycles. The van der Waals surface area contributed by atoms with Crippen molar-refractivity contribution in [3.8, 4) is 0 Å². The number of likely N-dealkylation sites (tertiary alicyclic amines) is 1. The normalized spacial score (nSPS) is 17.4. The largest absolute Gasteiger partial charge is 0.471 e. The van der Waals surface area contributed by atoms with Crippen LogP contribution >= 0.6 is 0 Å². The second-order valence-corrected chi connectivity index (χ2v) is 5.64. The van der Waals surface area contributed by atoms with Crippen LogP contribution in [0.1, 0.15) is 33.1 Å². The van der Waals surface area contributed by atoms with Gasteiger partial charge < -0.3 is 10.2 Å². The molecule has 1 saturated heterocycles. The van der Waals surface area contributed by atoms with Crippen LogP contribution in [-0.2, 0) is 9.59 Å². The highest BCUT2D eigenvalue weighted by atomic mass is 19.4. The van der Waals surface area contributed by atoms with Crippen LogP contribution in [0.4, 0.5) is 13.2 Å². The number of nitrogens with one attached hydrogen (secondary N) is 1. The molecule has 0 spiro atoms. The Morgan fingerprint density at radius 1 is 1.25 bits per heavy atom. The van der Waals surface area contributed by atoms with Gasteiger partial charge in [0.15, 0.2) is 0 Å². The molecule has 4 nitrogen and oxygen atoms in total. The van der Waals surface area contributed by atoms with Crippen LogP contribution in [0.2, 0.25) is 0 Å². The molecule has 1 fully saturated rings. The first-order valence-corrected chi connectivity index (χ1v) is 6.83. The molecule has 0 radical (unpaired) electrons. The molecule has 1 aliphatic heterocycles. The van der Waals surface area contributed by atoms with Crippen molar-refractivity contribution in [2.45, 2.75) is 39.3 Å². The van der Waals surface area contributed by atoms with Crippen molar-refractivity contribution in [3.05, 3.63) is 0 Å². The summed E-state index contributed by atoms with van der Waals surface area (Å²) in [5, 5.41) is 2.79. The van der Waals surface area contributed by atoms with E-state index in [9.17, 15) is 22.8 Å². The van der Waals surface area contributed by atoms with Gasteiger partial charge in [0.2, 0.25) is 5.91 Å². The van der Waals surface area contributed by atoms with Gasteiger partial charge in [-0.05, 0) is 24.7 Å². The first-order chi connectivity index (χ1) is 9.20. The smallest absolute Gasteiger partial charge is 0.356 e. The fraction of sp³-hybridized carbons (Fsp3) is 0.846. The predicted octanol–water partition coefficient (Wildman–Crippen LogP) is 1.95. The molecule has 0 unspecified atom stereocenters. The highest BCUT2D eigenvalue weighted by molar-refractivity contribution is 5.81. The molecule has 1 aliphatic rings. The SMILES string of the molecule is CC(C)CC(=O)NCC1CCN(C(=O)C(F)(F)F)CC1. The van der Waals surface area contributed by atoms with Crippen LogP contribution in [0.15, 0.2) is 0 Å². The lowest BCUT2D eigenvalue weighted by molar-refractivity contribution is -0.186. The van der Waals surface area contributed by atoms with Gasteiger partial charge in [0.25, 0.3) is 0 Å². The number of nitrogens with zero attached hydrogens (tertiary/aromatic N) is 1. The fourth-order valence-electron chi connectivity index (χ4n) is 2.22. The number of alkyl halides is 3. The Kier molecular flexibility index (Phi) is 5.83. The Morgan fingerprint density at radius 2 is 1.80 bits per heavy atom. The molecular weight excluding hydrogens is 273 g/mol. The summed E-state index contributed by atoms with van der Waals surface area (Å²) in [6.07, 6.45) is -3.36. The molecule has 0 bridgehead atoms. The summed E-state index contributed by atoms with van der Waals surface area (Å²) in [6, 6.07) is 0. The molecule has 0 aromatic rings. The summed E-state index contributed by atoms with van der Waals surface area (Å²) in [5.41, 5.74) is 0. The Bertz CT molecular complexity index is 348. The van der Waals surface area contributed by atoms with Gasteiger partial charge in [-0.1, -0.05) is 13.8 Å². The average Bonchev–Trinajstić information content (AvgIpc) is 2.34. The Balaban J connectivity index is 2.29. The lowest BCUT2D eigenvalue weighted by Gasteiger charge is -2.32. The zero-order valence-corrected chi connectivity index (χ0v) is 11.8. The zero-order valence-electron chi connectivity index (χ0n) is 11.8. The number of hydrogen-bond donors (Lipinski definition) is 1. The second-order valence-electron chi connectivity index (χ2n) is 5.64. The summed E-state index contributed by atoms with van der Waals surface area (Å²) in [7, 11) is 0.